The number of para-hydroxylation sites is 1. The highest BCUT2D eigenvalue weighted by atomic mass is 16.6. The second kappa shape index (κ2) is 11.9. The number of hydrogen-bond acceptors (Lipinski definition) is 5. The molecule has 3 unspecified atom stereocenters. The van der Waals surface area contributed by atoms with Gasteiger partial charge in [-0.2, -0.15) is 4.99 Å². The van der Waals surface area contributed by atoms with Crippen LogP contribution in [0.3, 0.4) is 0 Å². The van der Waals surface area contributed by atoms with E-state index in [4.69, 9.17) is 9.47 Å². The Bertz CT molecular complexity index is 1140. The summed E-state index contributed by atoms with van der Waals surface area (Å²) in [6.45, 7) is 11.1. The fourth-order valence-corrected chi connectivity index (χ4v) is 4.50. The summed E-state index contributed by atoms with van der Waals surface area (Å²) in [6, 6.07) is 7.13. The molecule has 0 spiro atoms. The molecule has 8 heteroatoms. The van der Waals surface area contributed by atoms with Crippen molar-refractivity contribution in [2.45, 2.75) is 85.0 Å². The molecule has 202 valence electrons. The molecule has 0 radical (unpaired) electrons. The van der Waals surface area contributed by atoms with E-state index in [0.29, 0.717) is 12.3 Å². The first-order valence-electron chi connectivity index (χ1n) is 13.2. The highest BCUT2D eigenvalue weighted by Gasteiger charge is 2.41. The minimum absolute atomic E-state index is 0.0641. The monoisotopic (exact) mass is 511 g/mol. The fraction of sp³-hybridized carbons (Fsp3) is 0.586. The van der Waals surface area contributed by atoms with E-state index >= 15 is 0 Å². The van der Waals surface area contributed by atoms with Crippen LogP contribution in [0.4, 0.5) is 4.79 Å². The number of ether oxygens (including phenoxy) is 2. The predicted molar refractivity (Wildman–Crippen MR) is 145 cm³/mol. The SMILES string of the molecule is CCCC1CC1OC(=O)[C@@H](NC(=O)C(/C=N/C(=O)OC(C)(C)C)Cc1cn(C)c2ccccc12)C(C)C. The third-order valence-corrected chi connectivity index (χ3v) is 6.51. The number of rotatable bonds is 10. The van der Waals surface area contributed by atoms with Crippen molar-refractivity contribution in [2.24, 2.45) is 29.8 Å². The van der Waals surface area contributed by atoms with Crippen molar-refractivity contribution >= 4 is 35.1 Å². The van der Waals surface area contributed by atoms with Crippen LogP contribution in [-0.4, -0.2) is 46.5 Å². The topological polar surface area (TPSA) is 99.0 Å². The summed E-state index contributed by atoms with van der Waals surface area (Å²) in [5.74, 6) is -1.35. The van der Waals surface area contributed by atoms with E-state index in [2.05, 4.69) is 17.2 Å². The van der Waals surface area contributed by atoms with Crippen LogP contribution in [0.25, 0.3) is 10.9 Å². The van der Waals surface area contributed by atoms with Crippen LogP contribution in [0.5, 0.6) is 0 Å². The van der Waals surface area contributed by atoms with Crippen LogP contribution in [0.15, 0.2) is 35.5 Å². The molecule has 1 saturated carbocycles. The van der Waals surface area contributed by atoms with Crippen molar-refractivity contribution in [3.63, 3.8) is 0 Å². The van der Waals surface area contributed by atoms with Gasteiger partial charge in [-0.1, -0.05) is 45.4 Å². The fourth-order valence-electron chi connectivity index (χ4n) is 4.50. The van der Waals surface area contributed by atoms with Crippen LogP contribution in [0.1, 0.15) is 66.4 Å². The van der Waals surface area contributed by atoms with Crippen molar-refractivity contribution < 1.29 is 23.9 Å². The zero-order valence-electron chi connectivity index (χ0n) is 23.1. The van der Waals surface area contributed by atoms with Crippen LogP contribution >= 0.6 is 0 Å². The van der Waals surface area contributed by atoms with Gasteiger partial charge in [0.15, 0.2) is 0 Å². The lowest BCUT2D eigenvalue weighted by molar-refractivity contribution is -0.151. The van der Waals surface area contributed by atoms with Gasteiger partial charge < -0.3 is 19.4 Å². The lowest BCUT2D eigenvalue weighted by Crippen LogP contribution is -2.48. The summed E-state index contributed by atoms with van der Waals surface area (Å²) in [7, 11) is 1.95. The molecule has 1 aromatic carbocycles. The van der Waals surface area contributed by atoms with Gasteiger partial charge in [0.2, 0.25) is 5.91 Å². The smallest absolute Gasteiger partial charge is 0.433 e. The molecular weight excluding hydrogens is 470 g/mol. The summed E-state index contributed by atoms with van der Waals surface area (Å²) in [5.41, 5.74) is 1.28. The minimum atomic E-state index is -0.791. The van der Waals surface area contributed by atoms with Gasteiger partial charge in [-0.15, -0.1) is 0 Å². The van der Waals surface area contributed by atoms with Crippen LogP contribution < -0.4 is 5.32 Å². The lowest BCUT2D eigenvalue weighted by Gasteiger charge is -2.23. The number of aryl methyl sites for hydroxylation is 1. The van der Waals surface area contributed by atoms with Gasteiger partial charge in [-0.05, 0) is 63.5 Å². The highest BCUT2D eigenvalue weighted by molar-refractivity contribution is 5.99. The minimum Gasteiger partial charge on any atom is -0.461 e. The standard InChI is InChI=1S/C29H41N3O5/c1-8-11-19-15-24(19)36-27(34)25(18(2)3)31-26(33)20(16-30-28(35)37-29(4,5)6)14-21-17-32(7)23-13-10-9-12-22(21)23/h9-10,12-13,16-20,24-25H,8,11,14-15H2,1-7H3,(H,31,33)/b30-16+/t19?,20?,24?,25-/m0/s1. The van der Waals surface area contributed by atoms with E-state index in [9.17, 15) is 14.4 Å². The van der Waals surface area contributed by atoms with E-state index in [0.717, 1.165) is 35.7 Å². The maximum Gasteiger partial charge on any atom is 0.433 e. The quantitative estimate of drug-likeness (QED) is 0.348. The number of carbonyl (C=O) groups excluding carboxylic acids is 3. The van der Waals surface area contributed by atoms with E-state index in [1.54, 1.807) is 20.8 Å². The van der Waals surface area contributed by atoms with E-state index in [-0.39, 0.29) is 12.0 Å². The Kier molecular flexibility index (Phi) is 9.16. The lowest BCUT2D eigenvalue weighted by atomic mass is 9.97. The third kappa shape index (κ3) is 7.91. The van der Waals surface area contributed by atoms with Crippen molar-refractivity contribution in [3.8, 4) is 0 Å². The number of benzene rings is 1. The van der Waals surface area contributed by atoms with Crippen molar-refractivity contribution in [1.82, 2.24) is 9.88 Å². The molecule has 1 aliphatic carbocycles. The molecule has 3 rings (SSSR count). The zero-order valence-corrected chi connectivity index (χ0v) is 23.1. The second-order valence-corrected chi connectivity index (χ2v) is 11.3. The Labute approximate surface area is 219 Å². The van der Waals surface area contributed by atoms with Gasteiger partial charge in [-0.25, -0.2) is 9.59 Å². The van der Waals surface area contributed by atoms with Crippen molar-refractivity contribution in [3.05, 3.63) is 36.0 Å². The van der Waals surface area contributed by atoms with Crippen LogP contribution in [-0.2, 0) is 32.5 Å². The molecule has 0 aliphatic heterocycles. The first kappa shape index (κ1) is 28.4. The number of nitrogens with one attached hydrogen (secondary N) is 1. The zero-order chi connectivity index (χ0) is 27.3. The summed E-state index contributed by atoms with van der Waals surface area (Å²) in [6.07, 6.45) is 5.74. The van der Waals surface area contributed by atoms with Crippen LogP contribution in [0, 0.1) is 17.8 Å². The van der Waals surface area contributed by atoms with E-state index in [1.165, 1.54) is 6.21 Å². The molecule has 1 aliphatic rings. The molecule has 4 atom stereocenters. The molecule has 37 heavy (non-hydrogen) atoms. The summed E-state index contributed by atoms with van der Waals surface area (Å²) in [4.78, 5) is 42.7. The summed E-state index contributed by atoms with van der Waals surface area (Å²) < 4.78 is 13.0. The predicted octanol–water partition coefficient (Wildman–Crippen LogP) is 5.22. The molecule has 2 aromatic rings. The Morgan fingerprint density at radius 1 is 1.22 bits per heavy atom. The number of esters is 1. The Balaban J connectivity index is 1.80. The van der Waals surface area contributed by atoms with Gasteiger partial charge in [0.05, 0.1) is 5.92 Å². The Morgan fingerprint density at radius 3 is 2.57 bits per heavy atom. The van der Waals surface area contributed by atoms with E-state index in [1.807, 2.05) is 55.9 Å². The van der Waals surface area contributed by atoms with E-state index < -0.39 is 35.5 Å². The molecule has 0 saturated heterocycles. The number of amides is 2. The summed E-state index contributed by atoms with van der Waals surface area (Å²) in [5, 5.41) is 3.90. The molecule has 1 N–H and O–H groups in total. The number of carbonyl (C=O) groups is 3. The largest absolute Gasteiger partial charge is 0.461 e. The van der Waals surface area contributed by atoms with Gasteiger partial charge in [0, 0.05) is 30.4 Å². The first-order valence-corrected chi connectivity index (χ1v) is 13.2. The Hall–Kier alpha value is -3.16. The van der Waals surface area contributed by atoms with Crippen LogP contribution in [0.2, 0.25) is 0 Å². The van der Waals surface area contributed by atoms with Gasteiger partial charge in [0.25, 0.3) is 0 Å². The highest BCUT2D eigenvalue weighted by Crippen LogP contribution is 2.38. The maximum absolute atomic E-state index is 13.5. The first-order chi connectivity index (χ1) is 17.4. The number of hydrogen-bond donors (Lipinski definition) is 1. The van der Waals surface area contributed by atoms with Crippen molar-refractivity contribution in [2.75, 3.05) is 0 Å². The molecule has 1 aromatic heterocycles. The average Bonchev–Trinajstić information content (AvgIpc) is 3.45. The third-order valence-electron chi connectivity index (χ3n) is 6.51. The molecule has 8 nitrogen and oxygen atoms in total. The summed E-state index contributed by atoms with van der Waals surface area (Å²) >= 11 is 0. The Morgan fingerprint density at radius 2 is 1.92 bits per heavy atom. The van der Waals surface area contributed by atoms with Gasteiger partial charge in [-0.3, -0.25) is 4.79 Å². The number of aromatic nitrogens is 1. The molecule has 1 fully saturated rings. The normalized spacial score (nSPS) is 19.1. The van der Waals surface area contributed by atoms with Gasteiger partial charge >= 0.3 is 12.1 Å². The second-order valence-electron chi connectivity index (χ2n) is 11.3. The van der Waals surface area contributed by atoms with Gasteiger partial charge in [0.1, 0.15) is 17.7 Å². The molecular formula is C29H41N3O5. The molecule has 2 amide bonds. The molecule has 1 heterocycles. The molecule has 0 bridgehead atoms. The average molecular weight is 512 g/mol. The number of aliphatic imine (C=N–C) groups is 1. The number of nitrogens with zero attached hydrogens (tertiary/aromatic N) is 2. The van der Waals surface area contributed by atoms with Crippen molar-refractivity contribution in [1.29, 1.82) is 0 Å². The number of fused-ring (bicyclic) bond motifs is 1. The maximum atomic E-state index is 13.5.